The summed E-state index contributed by atoms with van der Waals surface area (Å²) in [7, 11) is 4.16. The molecule has 0 radical (unpaired) electrons. The van der Waals surface area contributed by atoms with Crippen molar-refractivity contribution in [2.75, 3.05) is 33.7 Å². The molecule has 1 saturated heterocycles. The lowest BCUT2D eigenvalue weighted by Crippen LogP contribution is -2.51. The van der Waals surface area contributed by atoms with E-state index in [-0.39, 0.29) is 17.0 Å². The maximum atomic E-state index is 11.6. The second kappa shape index (κ2) is 5.07. The Kier molecular flexibility index (Phi) is 3.68. The van der Waals surface area contributed by atoms with Crippen LogP contribution >= 0.6 is 0 Å². The number of nitrogens with one attached hydrogen (secondary N) is 1. The largest absolute Gasteiger partial charge is 0.493 e. The standard InChI is InChI=1S/C12H20N4O2/c1-8-11(17)13-10(14-12(8)18)6-9-7-15(2)4-5-16(9)3/h9H,4-7H2,1-3H3,(H2,13,14,17,18). The van der Waals surface area contributed by atoms with Gasteiger partial charge in [-0.3, -0.25) is 4.79 Å². The van der Waals surface area contributed by atoms with Gasteiger partial charge in [0, 0.05) is 32.1 Å². The minimum Gasteiger partial charge on any atom is -0.493 e. The van der Waals surface area contributed by atoms with Gasteiger partial charge < -0.3 is 19.9 Å². The van der Waals surface area contributed by atoms with Crippen LogP contribution in [0.3, 0.4) is 0 Å². The molecule has 1 aromatic rings. The fourth-order valence-electron chi connectivity index (χ4n) is 2.21. The van der Waals surface area contributed by atoms with Crippen LogP contribution in [0.5, 0.6) is 5.88 Å². The fraction of sp³-hybridized carbons (Fsp3) is 0.667. The van der Waals surface area contributed by atoms with Gasteiger partial charge in [0.2, 0.25) is 5.88 Å². The van der Waals surface area contributed by atoms with E-state index in [4.69, 9.17) is 0 Å². The van der Waals surface area contributed by atoms with Gasteiger partial charge in [-0.25, -0.2) is 4.98 Å². The zero-order chi connectivity index (χ0) is 13.3. The maximum Gasteiger partial charge on any atom is 0.257 e. The first-order valence-corrected chi connectivity index (χ1v) is 6.15. The molecular formula is C12H20N4O2. The van der Waals surface area contributed by atoms with E-state index in [0.717, 1.165) is 19.6 Å². The van der Waals surface area contributed by atoms with Crippen molar-refractivity contribution in [2.45, 2.75) is 19.4 Å². The van der Waals surface area contributed by atoms with E-state index in [2.05, 4.69) is 33.9 Å². The van der Waals surface area contributed by atoms with Crippen LogP contribution in [0.4, 0.5) is 0 Å². The molecule has 0 aliphatic carbocycles. The summed E-state index contributed by atoms with van der Waals surface area (Å²) < 4.78 is 0. The topological polar surface area (TPSA) is 72.5 Å². The second-order valence-electron chi connectivity index (χ2n) is 5.06. The van der Waals surface area contributed by atoms with E-state index in [1.54, 1.807) is 6.92 Å². The Labute approximate surface area is 106 Å². The van der Waals surface area contributed by atoms with E-state index in [0.29, 0.717) is 18.3 Å². The van der Waals surface area contributed by atoms with E-state index in [1.807, 2.05) is 0 Å². The van der Waals surface area contributed by atoms with Crippen LogP contribution in [0.25, 0.3) is 0 Å². The molecule has 2 heterocycles. The van der Waals surface area contributed by atoms with Crippen LogP contribution in [0, 0.1) is 6.92 Å². The number of H-pyrrole nitrogens is 1. The molecule has 1 atom stereocenters. The highest BCUT2D eigenvalue weighted by atomic mass is 16.3. The van der Waals surface area contributed by atoms with E-state index in [9.17, 15) is 9.90 Å². The van der Waals surface area contributed by atoms with E-state index in [1.165, 1.54) is 0 Å². The summed E-state index contributed by atoms with van der Waals surface area (Å²) in [6, 6.07) is 0.314. The molecule has 100 valence electrons. The normalized spacial score (nSPS) is 22.3. The van der Waals surface area contributed by atoms with E-state index >= 15 is 0 Å². The Hall–Kier alpha value is -1.40. The average molecular weight is 252 g/mol. The Balaban J connectivity index is 2.16. The van der Waals surface area contributed by atoms with E-state index < -0.39 is 0 Å². The molecule has 6 heteroatoms. The molecule has 1 fully saturated rings. The van der Waals surface area contributed by atoms with Gasteiger partial charge in [-0.05, 0) is 21.0 Å². The molecule has 0 aromatic carbocycles. The molecule has 1 aliphatic heterocycles. The molecule has 1 aliphatic rings. The van der Waals surface area contributed by atoms with Crippen molar-refractivity contribution < 1.29 is 5.11 Å². The first kappa shape index (κ1) is 13.0. The first-order chi connectivity index (χ1) is 8.47. The van der Waals surface area contributed by atoms with Crippen molar-refractivity contribution in [3.63, 3.8) is 0 Å². The monoisotopic (exact) mass is 252 g/mol. The van der Waals surface area contributed by atoms with Gasteiger partial charge in [-0.2, -0.15) is 0 Å². The first-order valence-electron chi connectivity index (χ1n) is 6.15. The number of rotatable bonds is 2. The molecule has 1 unspecified atom stereocenters. The molecule has 6 nitrogen and oxygen atoms in total. The van der Waals surface area contributed by atoms with Crippen molar-refractivity contribution in [3.8, 4) is 5.88 Å². The predicted octanol–water partition coefficient (Wildman–Crippen LogP) is -0.428. The van der Waals surface area contributed by atoms with Crippen LogP contribution in [-0.4, -0.2) is 64.6 Å². The third kappa shape index (κ3) is 2.70. The molecule has 18 heavy (non-hydrogen) atoms. The maximum absolute atomic E-state index is 11.6. The third-order valence-electron chi connectivity index (χ3n) is 3.58. The van der Waals surface area contributed by atoms with Crippen LogP contribution < -0.4 is 5.56 Å². The van der Waals surface area contributed by atoms with Crippen LogP contribution in [0.2, 0.25) is 0 Å². The molecular weight excluding hydrogens is 232 g/mol. The molecule has 0 spiro atoms. The number of piperazine rings is 1. The number of hydrogen-bond acceptors (Lipinski definition) is 5. The van der Waals surface area contributed by atoms with Gasteiger partial charge in [0.25, 0.3) is 5.56 Å². The third-order valence-corrected chi connectivity index (χ3v) is 3.58. The molecule has 2 rings (SSSR count). The molecule has 0 saturated carbocycles. The Morgan fingerprint density at radius 2 is 2.17 bits per heavy atom. The van der Waals surface area contributed by atoms with Crippen molar-refractivity contribution in [3.05, 3.63) is 21.7 Å². The number of aromatic amines is 1. The SMILES string of the molecule is Cc1c(O)nc(CC2CN(C)CCN2C)[nH]c1=O. The Bertz CT molecular complexity index is 485. The predicted molar refractivity (Wildman–Crippen MR) is 68.9 cm³/mol. The second-order valence-corrected chi connectivity index (χ2v) is 5.06. The molecule has 2 N–H and O–H groups in total. The summed E-state index contributed by atoms with van der Waals surface area (Å²) in [6.07, 6.45) is 0.643. The lowest BCUT2D eigenvalue weighted by molar-refractivity contribution is 0.113. The molecule has 0 bridgehead atoms. The molecule has 1 aromatic heterocycles. The van der Waals surface area contributed by atoms with Crippen molar-refractivity contribution >= 4 is 0 Å². The Morgan fingerprint density at radius 1 is 1.44 bits per heavy atom. The summed E-state index contributed by atoms with van der Waals surface area (Å²) in [6.45, 7) is 4.56. The lowest BCUT2D eigenvalue weighted by atomic mass is 10.1. The van der Waals surface area contributed by atoms with Crippen molar-refractivity contribution in [1.82, 2.24) is 19.8 Å². The highest BCUT2D eigenvalue weighted by molar-refractivity contribution is 5.20. The summed E-state index contributed by atoms with van der Waals surface area (Å²) in [5.74, 6) is 0.385. The molecule has 0 amide bonds. The lowest BCUT2D eigenvalue weighted by Gasteiger charge is -2.37. The summed E-state index contributed by atoms with van der Waals surface area (Å²) >= 11 is 0. The summed E-state index contributed by atoms with van der Waals surface area (Å²) in [4.78, 5) is 22.9. The highest BCUT2D eigenvalue weighted by Crippen LogP contribution is 2.12. The van der Waals surface area contributed by atoms with Crippen LogP contribution in [0.15, 0.2) is 4.79 Å². The van der Waals surface area contributed by atoms with Gasteiger partial charge in [0.15, 0.2) is 0 Å². The average Bonchev–Trinajstić information content (AvgIpc) is 2.31. The number of hydrogen-bond donors (Lipinski definition) is 2. The van der Waals surface area contributed by atoms with Gasteiger partial charge in [-0.15, -0.1) is 0 Å². The van der Waals surface area contributed by atoms with Crippen LogP contribution in [0.1, 0.15) is 11.4 Å². The van der Waals surface area contributed by atoms with Gasteiger partial charge >= 0.3 is 0 Å². The van der Waals surface area contributed by atoms with Crippen molar-refractivity contribution in [2.24, 2.45) is 0 Å². The van der Waals surface area contributed by atoms with Gasteiger partial charge in [-0.1, -0.05) is 0 Å². The smallest absolute Gasteiger partial charge is 0.257 e. The number of aromatic nitrogens is 2. The Morgan fingerprint density at radius 3 is 2.83 bits per heavy atom. The fourth-order valence-corrected chi connectivity index (χ4v) is 2.21. The number of aromatic hydroxyl groups is 1. The number of nitrogens with zero attached hydrogens (tertiary/aromatic N) is 3. The number of likely N-dealkylation sites (N-methyl/N-ethyl adjacent to an activating group) is 2. The zero-order valence-electron chi connectivity index (χ0n) is 11.1. The van der Waals surface area contributed by atoms with Crippen LogP contribution in [-0.2, 0) is 6.42 Å². The van der Waals surface area contributed by atoms with Gasteiger partial charge in [0.1, 0.15) is 5.82 Å². The van der Waals surface area contributed by atoms with Gasteiger partial charge in [0.05, 0.1) is 5.56 Å². The van der Waals surface area contributed by atoms with Crippen molar-refractivity contribution in [1.29, 1.82) is 0 Å². The quantitative estimate of drug-likeness (QED) is 0.747. The minimum absolute atomic E-state index is 0.166. The summed E-state index contributed by atoms with van der Waals surface area (Å²) in [5.41, 5.74) is 0.0113. The zero-order valence-corrected chi connectivity index (χ0v) is 11.1. The minimum atomic E-state index is -0.260. The highest BCUT2D eigenvalue weighted by Gasteiger charge is 2.23. The summed E-state index contributed by atoms with van der Waals surface area (Å²) in [5, 5.41) is 9.57.